The number of rotatable bonds is 4. The summed E-state index contributed by atoms with van der Waals surface area (Å²) in [6, 6.07) is 13.2. The first kappa shape index (κ1) is 13.7. The highest BCUT2D eigenvalue weighted by atomic mass is 35.5. The first-order chi connectivity index (χ1) is 10.2. The standard InChI is InChI=1S/C17H14ClNO2/c1-21-17-6-5-14(18)9-13(17)10-19-8-7-15-12(11-20)3-2-4-16(15)19/h2-9,11H,10H2,1H3. The summed E-state index contributed by atoms with van der Waals surface area (Å²) < 4.78 is 7.46. The van der Waals surface area contributed by atoms with Crippen molar-refractivity contribution in [2.45, 2.75) is 6.54 Å². The zero-order valence-electron chi connectivity index (χ0n) is 11.5. The molecule has 0 fully saturated rings. The van der Waals surface area contributed by atoms with Gasteiger partial charge in [-0.1, -0.05) is 23.7 Å². The van der Waals surface area contributed by atoms with Crippen LogP contribution in [0, 0.1) is 0 Å². The third-order valence-corrected chi connectivity index (χ3v) is 3.79. The van der Waals surface area contributed by atoms with Crippen molar-refractivity contribution < 1.29 is 9.53 Å². The van der Waals surface area contributed by atoms with E-state index >= 15 is 0 Å². The van der Waals surface area contributed by atoms with Crippen molar-refractivity contribution in [1.29, 1.82) is 0 Å². The largest absolute Gasteiger partial charge is 0.496 e. The van der Waals surface area contributed by atoms with Crippen molar-refractivity contribution in [2.24, 2.45) is 0 Å². The van der Waals surface area contributed by atoms with Crippen LogP contribution in [0.25, 0.3) is 10.9 Å². The first-order valence-electron chi connectivity index (χ1n) is 6.58. The maximum atomic E-state index is 11.1. The second kappa shape index (κ2) is 5.62. The van der Waals surface area contributed by atoms with E-state index in [1.165, 1.54) is 0 Å². The number of nitrogens with zero attached hydrogens (tertiary/aromatic N) is 1. The van der Waals surface area contributed by atoms with Crippen LogP contribution in [0.2, 0.25) is 5.02 Å². The molecule has 21 heavy (non-hydrogen) atoms. The average molecular weight is 300 g/mol. The summed E-state index contributed by atoms with van der Waals surface area (Å²) in [6.45, 7) is 0.634. The smallest absolute Gasteiger partial charge is 0.150 e. The highest BCUT2D eigenvalue weighted by molar-refractivity contribution is 6.30. The van der Waals surface area contributed by atoms with E-state index in [1.807, 2.05) is 48.7 Å². The van der Waals surface area contributed by atoms with Crippen LogP contribution in [-0.4, -0.2) is 18.0 Å². The van der Waals surface area contributed by atoms with Gasteiger partial charge in [0.1, 0.15) is 5.75 Å². The van der Waals surface area contributed by atoms with E-state index < -0.39 is 0 Å². The third-order valence-electron chi connectivity index (χ3n) is 3.56. The van der Waals surface area contributed by atoms with Gasteiger partial charge in [-0.25, -0.2) is 0 Å². The summed E-state index contributed by atoms with van der Waals surface area (Å²) in [6.07, 6.45) is 2.85. The summed E-state index contributed by atoms with van der Waals surface area (Å²) in [5.74, 6) is 0.799. The predicted molar refractivity (Wildman–Crippen MR) is 84.4 cm³/mol. The van der Waals surface area contributed by atoms with Gasteiger partial charge in [-0.3, -0.25) is 4.79 Å². The first-order valence-corrected chi connectivity index (χ1v) is 6.96. The van der Waals surface area contributed by atoms with Crippen LogP contribution in [0.5, 0.6) is 5.75 Å². The quantitative estimate of drug-likeness (QED) is 0.677. The van der Waals surface area contributed by atoms with Crippen LogP contribution in [0.4, 0.5) is 0 Å². The molecule has 106 valence electrons. The molecule has 3 rings (SSSR count). The molecule has 0 aliphatic rings. The Morgan fingerprint density at radius 1 is 1.24 bits per heavy atom. The fourth-order valence-electron chi connectivity index (χ4n) is 2.54. The summed E-state index contributed by atoms with van der Waals surface area (Å²) in [5, 5.41) is 1.63. The number of hydrogen-bond acceptors (Lipinski definition) is 2. The molecule has 0 spiro atoms. The number of carbonyl (C=O) groups is 1. The zero-order chi connectivity index (χ0) is 14.8. The number of halogens is 1. The van der Waals surface area contributed by atoms with Crippen LogP contribution in [-0.2, 0) is 6.54 Å². The normalized spacial score (nSPS) is 10.8. The Morgan fingerprint density at radius 3 is 2.86 bits per heavy atom. The molecule has 0 radical (unpaired) electrons. The summed E-state index contributed by atoms with van der Waals surface area (Å²) in [5.41, 5.74) is 2.71. The van der Waals surface area contributed by atoms with Gasteiger partial charge in [-0.2, -0.15) is 0 Å². The van der Waals surface area contributed by atoms with Crippen LogP contribution >= 0.6 is 11.6 Å². The van der Waals surface area contributed by atoms with Crippen molar-refractivity contribution in [3.05, 3.63) is 64.8 Å². The molecule has 0 unspecified atom stereocenters. The van der Waals surface area contributed by atoms with Gasteiger partial charge >= 0.3 is 0 Å². The minimum Gasteiger partial charge on any atom is -0.496 e. The van der Waals surface area contributed by atoms with Crippen molar-refractivity contribution in [1.82, 2.24) is 4.57 Å². The van der Waals surface area contributed by atoms with Crippen LogP contribution in [0.15, 0.2) is 48.7 Å². The van der Waals surface area contributed by atoms with Gasteiger partial charge in [0.2, 0.25) is 0 Å². The Morgan fingerprint density at radius 2 is 2.10 bits per heavy atom. The number of aromatic nitrogens is 1. The summed E-state index contributed by atoms with van der Waals surface area (Å²) in [4.78, 5) is 11.1. The maximum Gasteiger partial charge on any atom is 0.150 e. The topological polar surface area (TPSA) is 31.2 Å². The SMILES string of the molecule is COc1ccc(Cl)cc1Cn1ccc2c(C=O)cccc21. The molecule has 4 heteroatoms. The lowest BCUT2D eigenvalue weighted by Gasteiger charge is -2.11. The summed E-state index contributed by atoms with van der Waals surface area (Å²) >= 11 is 6.07. The van der Waals surface area contributed by atoms with E-state index in [0.29, 0.717) is 17.1 Å². The number of ether oxygens (including phenoxy) is 1. The van der Waals surface area contributed by atoms with E-state index in [0.717, 1.165) is 28.5 Å². The number of methoxy groups -OCH3 is 1. The molecule has 0 N–H and O–H groups in total. The molecular weight excluding hydrogens is 286 g/mol. The molecule has 0 saturated heterocycles. The van der Waals surface area contributed by atoms with Crippen molar-refractivity contribution >= 4 is 28.8 Å². The molecule has 1 aromatic heterocycles. The Labute approximate surface area is 127 Å². The van der Waals surface area contributed by atoms with Crippen LogP contribution < -0.4 is 4.74 Å². The zero-order valence-corrected chi connectivity index (χ0v) is 12.3. The van der Waals surface area contributed by atoms with Crippen molar-refractivity contribution in [2.75, 3.05) is 7.11 Å². The average Bonchev–Trinajstić information content (AvgIpc) is 2.91. The highest BCUT2D eigenvalue weighted by Crippen LogP contribution is 2.26. The molecule has 0 amide bonds. The summed E-state index contributed by atoms with van der Waals surface area (Å²) in [7, 11) is 1.64. The number of carbonyl (C=O) groups excluding carboxylic acids is 1. The Balaban J connectivity index is 2.07. The molecule has 1 heterocycles. The second-order valence-corrected chi connectivity index (χ2v) is 5.23. The monoisotopic (exact) mass is 299 g/mol. The number of hydrogen-bond donors (Lipinski definition) is 0. The molecule has 0 aliphatic carbocycles. The lowest BCUT2D eigenvalue weighted by atomic mass is 10.1. The predicted octanol–water partition coefficient (Wildman–Crippen LogP) is 4.16. The van der Waals surface area contributed by atoms with Gasteiger partial charge in [-0.05, 0) is 30.3 Å². The highest BCUT2D eigenvalue weighted by Gasteiger charge is 2.09. The van der Waals surface area contributed by atoms with E-state index in [4.69, 9.17) is 16.3 Å². The fourth-order valence-corrected chi connectivity index (χ4v) is 2.74. The van der Waals surface area contributed by atoms with Gasteiger partial charge in [0.25, 0.3) is 0 Å². The Hall–Kier alpha value is -2.26. The molecule has 0 saturated carbocycles. The van der Waals surface area contributed by atoms with Crippen molar-refractivity contribution in [3.8, 4) is 5.75 Å². The maximum absolute atomic E-state index is 11.1. The number of aldehydes is 1. The molecule has 0 aliphatic heterocycles. The van der Waals surface area contributed by atoms with Gasteiger partial charge in [-0.15, -0.1) is 0 Å². The lowest BCUT2D eigenvalue weighted by molar-refractivity contribution is 0.112. The Kier molecular flexibility index (Phi) is 3.67. The molecule has 2 aromatic carbocycles. The molecule has 3 aromatic rings. The van der Waals surface area contributed by atoms with Crippen molar-refractivity contribution in [3.63, 3.8) is 0 Å². The third kappa shape index (κ3) is 2.52. The minimum atomic E-state index is 0.634. The Bertz CT molecular complexity index is 808. The second-order valence-electron chi connectivity index (χ2n) is 4.80. The van der Waals surface area contributed by atoms with E-state index in [2.05, 4.69) is 4.57 Å². The van der Waals surface area contributed by atoms with Gasteiger partial charge < -0.3 is 9.30 Å². The van der Waals surface area contributed by atoms with Gasteiger partial charge in [0.15, 0.2) is 6.29 Å². The van der Waals surface area contributed by atoms with Crippen LogP contribution in [0.3, 0.4) is 0 Å². The molecule has 3 nitrogen and oxygen atoms in total. The number of fused-ring (bicyclic) bond motifs is 1. The fraction of sp³-hybridized carbons (Fsp3) is 0.118. The number of benzene rings is 2. The van der Waals surface area contributed by atoms with E-state index in [9.17, 15) is 4.79 Å². The van der Waals surface area contributed by atoms with E-state index in [1.54, 1.807) is 7.11 Å². The minimum absolute atomic E-state index is 0.634. The van der Waals surface area contributed by atoms with Gasteiger partial charge in [0.05, 0.1) is 13.7 Å². The molecular formula is C17H14ClNO2. The molecule has 0 atom stereocenters. The molecule has 0 bridgehead atoms. The van der Waals surface area contributed by atoms with Gasteiger partial charge in [0, 0.05) is 33.2 Å². The van der Waals surface area contributed by atoms with Crippen LogP contribution in [0.1, 0.15) is 15.9 Å². The lowest BCUT2D eigenvalue weighted by Crippen LogP contribution is -2.00. The van der Waals surface area contributed by atoms with E-state index in [-0.39, 0.29) is 0 Å².